The van der Waals surface area contributed by atoms with Crippen molar-refractivity contribution in [1.29, 1.82) is 0 Å². The maximum Gasteiger partial charge on any atom is 0.302 e. The largest absolute Gasteiger partial charge is 0.462 e. The molecular weight excluding hydrogens is 252 g/mol. The van der Waals surface area contributed by atoms with Gasteiger partial charge in [0.25, 0.3) is 0 Å². The molecule has 1 rings (SSSR count). The Morgan fingerprint density at radius 1 is 1.50 bits per heavy atom. The Labute approximate surface area is 121 Å². The first-order chi connectivity index (χ1) is 9.26. The molecule has 0 fully saturated rings. The van der Waals surface area contributed by atoms with Gasteiger partial charge in [0.2, 0.25) is 0 Å². The van der Waals surface area contributed by atoms with Gasteiger partial charge in [-0.1, -0.05) is 31.3 Å². The molecule has 20 heavy (non-hydrogen) atoms. The molecule has 0 radical (unpaired) electrons. The third-order valence-corrected chi connectivity index (χ3v) is 3.49. The summed E-state index contributed by atoms with van der Waals surface area (Å²) >= 11 is 0. The summed E-state index contributed by atoms with van der Waals surface area (Å²) in [6, 6.07) is 0. The molecule has 0 aliphatic heterocycles. The highest BCUT2D eigenvalue weighted by molar-refractivity contribution is 5.66. The normalized spacial score (nSPS) is 22.1. The van der Waals surface area contributed by atoms with Gasteiger partial charge >= 0.3 is 5.97 Å². The molecule has 0 heterocycles. The lowest BCUT2D eigenvalue weighted by molar-refractivity contribution is -0.147. The molecule has 0 aromatic heterocycles. The van der Waals surface area contributed by atoms with Crippen molar-refractivity contribution in [1.82, 2.24) is 0 Å². The van der Waals surface area contributed by atoms with Crippen LogP contribution in [0.4, 0.5) is 0 Å². The third kappa shape index (κ3) is 4.54. The number of aliphatic hydroxyl groups is 1. The van der Waals surface area contributed by atoms with E-state index in [0.717, 1.165) is 24.0 Å². The molecule has 0 unspecified atom stereocenters. The first-order valence-corrected chi connectivity index (χ1v) is 6.93. The Morgan fingerprint density at radius 2 is 2.15 bits per heavy atom. The molecule has 110 valence electrons. The van der Waals surface area contributed by atoms with Gasteiger partial charge in [-0.2, -0.15) is 0 Å². The second kappa shape index (κ2) is 6.76. The molecule has 1 aliphatic rings. The number of hydrogen-bond donors (Lipinski definition) is 1. The van der Waals surface area contributed by atoms with Crippen molar-refractivity contribution in [2.24, 2.45) is 5.41 Å². The standard InChI is InChI=1S/C17H24O3/c1-12(8-9-18)6-7-16-13(2)10-15(20-14(3)19)11-17(16,4)5/h8,15,18H,9-11H2,1-5H3/b12-8+/t15-/m1/s1. The van der Waals surface area contributed by atoms with E-state index >= 15 is 0 Å². The molecule has 0 bridgehead atoms. The van der Waals surface area contributed by atoms with Crippen LogP contribution in [0, 0.1) is 17.3 Å². The molecule has 0 spiro atoms. The average Bonchev–Trinajstić information content (AvgIpc) is 2.25. The lowest BCUT2D eigenvalue weighted by Crippen LogP contribution is -2.31. The van der Waals surface area contributed by atoms with Crippen LogP contribution in [0.15, 0.2) is 22.8 Å². The molecule has 1 N–H and O–H groups in total. The Hall–Kier alpha value is -1.53. The van der Waals surface area contributed by atoms with Gasteiger partial charge in [0, 0.05) is 24.3 Å². The zero-order valence-corrected chi connectivity index (χ0v) is 13.0. The highest BCUT2D eigenvalue weighted by Gasteiger charge is 2.34. The summed E-state index contributed by atoms with van der Waals surface area (Å²) in [7, 11) is 0. The Morgan fingerprint density at radius 3 is 2.65 bits per heavy atom. The molecule has 3 heteroatoms. The summed E-state index contributed by atoms with van der Waals surface area (Å²) in [6.07, 6.45) is 3.18. The summed E-state index contributed by atoms with van der Waals surface area (Å²) in [5, 5.41) is 8.84. The number of carbonyl (C=O) groups is 1. The van der Waals surface area contributed by atoms with Crippen LogP contribution in [-0.2, 0) is 9.53 Å². The minimum Gasteiger partial charge on any atom is -0.462 e. The Kier molecular flexibility index (Phi) is 5.59. The van der Waals surface area contributed by atoms with Crippen molar-refractivity contribution >= 4 is 5.97 Å². The van der Waals surface area contributed by atoms with Gasteiger partial charge in [-0.25, -0.2) is 0 Å². The van der Waals surface area contributed by atoms with E-state index in [1.54, 1.807) is 6.08 Å². The van der Waals surface area contributed by atoms with Crippen molar-refractivity contribution in [3.63, 3.8) is 0 Å². The van der Waals surface area contributed by atoms with Crippen LogP contribution in [0.3, 0.4) is 0 Å². The minimum atomic E-state index is -0.227. The fourth-order valence-electron chi connectivity index (χ4n) is 2.71. The van der Waals surface area contributed by atoms with Crippen molar-refractivity contribution in [3.05, 3.63) is 22.8 Å². The summed E-state index contributed by atoms with van der Waals surface area (Å²) in [6.45, 7) is 9.65. The second-order valence-electron chi connectivity index (χ2n) is 6.00. The second-order valence-corrected chi connectivity index (χ2v) is 6.00. The summed E-state index contributed by atoms with van der Waals surface area (Å²) in [5.41, 5.74) is 3.06. The smallest absolute Gasteiger partial charge is 0.302 e. The lowest BCUT2D eigenvalue weighted by Gasteiger charge is -2.36. The summed E-state index contributed by atoms with van der Waals surface area (Å²) in [4.78, 5) is 11.1. The third-order valence-electron chi connectivity index (χ3n) is 3.49. The number of rotatable bonds is 2. The van der Waals surface area contributed by atoms with Crippen LogP contribution in [0.25, 0.3) is 0 Å². The van der Waals surface area contributed by atoms with Gasteiger partial charge in [0.15, 0.2) is 0 Å². The van der Waals surface area contributed by atoms with Crippen LogP contribution < -0.4 is 0 Å². The fraction of sp³-hybridized carbons (Fsp3) is 0.588. The van der Waals surface area contributed by atoms with Crippen molar-refractivity contribution in [2.45, 2.75) is 53.6 Å². The summed E-state index contributed by atoms with van der Waals surface area (Å²) < 4.78 is 5.34. The predicted molar refractivity (Wildman–Crippen MR) is 79.9 cm³/mol. The average molecular weight is 276 g/mol. The monoisotopic (exact) mass is 276 g/mol. The van der Waals surface area contributed by atoms with Gasteiger partial charge in [-0.15, -0.1) is 0 Å². The SMILES string of the molecule is CC(=O)O[C@@H]1CC(C)=C(C#C/C(C)=C/CO)C(C)(C)C1. The van der Waals surface area contributed by atoms with E-state index in [0.29, 0.717) is 0 Å². The molecular formula is C17H24O3. The van der Waals surface area contributed by atoms with E-state index < -0.39 is 0 Å². The zero-order valence-electron chi connectivity index (χ0n) is 13.0. The molecule has 1 atom stereocenters. The van der Waals surface area contributed by atoms with Gasteiger partial charge in [-0.3, -0.25) is 4.79 Å². The van der Waals surface area contributed by atoms with Crippen molar-refractivity contribution < 1.29 is 14.6 Å². The molecule has 0 saturated heterocycles. The number of allylic oxidation sites excluding steroid dienone is 2. The maximum absolute atomic E-state index is 11.1. The molecule has 0 aromatic rings. The van der Waals surface area contributed by atoms with Crippen LogP contribution in [0.5, 0.6) is 0 Å². The molecule has 1 aliphatic carbocycles. The van der Waals surface area contributed by atoms with E-state index in [4.69, 9.17) is 9.84 Å². The minimum absolute atomic E-state index is 0.0104. The number of aliphatic hydroxyl groups excluding tert-OH is 1. The van der Waals surface area contributed by atoms with E-state index in [1.807, 2.05) is 13.8 Å². The van der Waals surface area contributed by atoms with E-state index in [9.17, 15) is 4.79 Å². The first kappa shape index (κ1) is 16.5. The zero-order chi connectivity index (χ0) is 15.3. The lowest BCUT2D eigenvalue weighted by atomic mass is 9.72. The summed E-state index contributed by atoms with van der Waals surface area (Å²) in [5.74, 6) is 6.08. The van der Waals surface area contributed by atoms with Crippen LogP contribution >= 0.6 is 0 Å². The maximum atomic E-state index is 11.1. The van der Waals surface area contributed by atoms with Gasteiger partial charge in [0.1, 0.15) is 6.10 Å². The fourth-order valence-corrected chi connectivity index (χ4v) is 2.71. The quantitative estimate of drug-likeness (QED) is 0.623. The van der Waals surface area contributed by atoms with Crippen LogP contribution in [0.1, 0.15) is 47.5 Å². The molecule has 3 nitrogen and oxygen atoms in total. The number of ether oxygens (including phenoxy) is 1. The number of hydrogen-bond acceptors (Lipinski definition) is 3. The molecule has 0 saturated carbocycles. The highest BCUT2D eigenvalue weighted by atomic mass is 16.5. The van der Waals surface area contributed by atoms with Gasteiger partial charge in [0.05, 0.1) is 6.61 Å². The Bertz CT molecular complexity index is 498. The van der Waals surface area contributed by atoms with Gasteiger partial charge in [-0.05, 0) is 31.9 Å². The highest BCUT2D eigenvalue weighted by Crippen LogP contribution is 2.40. The van der Waals surface area contributed by atoms with E-state index in [-0.39, 0.29) is 24.1 Å². The number of carbonyl (C=O) groups excluding carboxylic acids is 1. The topological polar surface area (TPSA) is 46.5 Å². The predicted octanol–water partition coefficient (Wildman–Crippen LogP) is 3.00. The van der Waals surface area contributed by atoms with E-state index in [1.165, 1.54) is 12.5 Å². The number of esters is 1. The van der Waals surface area contributed by atoms with Gasteiger partial charge < -0.3 is 9.84 Å². The molecule has 0 aromatic carbocycles. The van der Waals surface area contributed by atoms with Crippen molar-refractivity contribution in [3.8, 4) is 11.8 Å². The van der Waals surface area contributed by atoms with E-state index in [2.05, 4.69) is 25.7 Å². The van der Waals surface area contributed by atoms with Crippen LogP contribution in [-0.4, -0.2) is 23.8 Å². The van der Waals surface area contributed by atoms with Crippen LogP contribution in [0.2, 0.25) is 0 Å². The molecule has 0 amide bonds. The first-order valence-electron chi connectivity index (χ1n) is 6.93. The van der Waals surface area contributed by atoms with Crippen molar-refractivity contribution in [2.75, 3.05) is 6.61 Å². The Balaban J connectivity index is 3.00.